The van der Waals surface area contributed by atoms with Gasteiger partial charge in [-0.3, -0.25) is 0 Å². The van der Waals surface area contributed by atoms with E-state index in [0.29, 0.717) is 0 Å². The Hall–Kier alpha value is -3.47. The van der Waals surface area contributed by atoms with Crippen molar-refractivity contribution in [3.8, 4) is 39.8 Å². The predicted octanol–water partition coefficient (Wildman–Crippen LogP) is 4.84. The minimum atomic E-state index is -5.63. The largest absolute Gasteiger partial charge is 0.497 e. The first kappa shape index (κ1) is 9.44. The van der Waals surface area contributed by atoms with Gasteiger partial charge in [0.05, 0.1) is 62.1 Å². The molecule has 0 fully saturated rings. The van der Waals surface area contributed by atoms with E-state index in [0.717, 1.165) is 7.11 Å². The number of hydrogen-bond acceptors (Lipinski definition) is 7. The van der Waals surface area contributed by atoms with Gasteiger partial charge in [0.1, 0.15) is 17.2 Å². The topological polar surface area (TPSA) is 103 Å². The van der Waals surface area contributed by atoms with Crippen LogP contribution in [0.15, 0.2) is 82.6 Å². The number of H-pyrrole nitrogens is 1. The van der Waals surface area contributed by atoms with Crippen molar-refractivity contribution in [3.63, 3.8) is 0 Å². The molecule has 0 spiro atoms. The normalized spacial score (nSPS) is 22.0. The van der Waals surface area contributed by atoms with Gasteiger partial charge in [0, 0.05) is 28.8 Å². The Morgan fingerprint density at radius 1 is 0.944 bits per heavy atom. The van der Waals surface area contributed by atoms with Crippen molar-refractivity contribution in [1.29, 1.82) is 0 Å². The number of hydrogen-bond donors (Lipinski definition) is 2. The minimum Gasteiger partial charge on any atom is -0.497 e. The lowest BCUT2D eigenvalue weighted by Crippen LogP contribution is -2.26. The Bertz CT molecular complexity index is 2400. The highest BCUT2D eigenvalue weighted by Crippen LogP contribution is 2.34. The molecule has 188 valence electrons. The monoisotopic (exact) mass is 571 g/mol. The number of methoxy groups -OCH3 is 3. The number of ether oxygens (including phenoxy) is 3. The van der Waals surface area contributed by atoms with Gasteiger partial charge in [-0.25, -0.2) is 18.1 Å². The first-order valence-corrected chi connectivity index (χ1v) is 11.5. The van der Waals surface area contributed by atoms with Crippen molar-refractivity contribution in [3.05, 3.63) is 72.5 Å². The van der Waals surface area contributed by atoms with Gasteiger partial charge < -0.3 is 19.2 Å². The third-order valence-corrected chi connectivity index (χ3v) is 5.63. The zero-order chi connectivity index (χ0) is 45.4. The van der Waals surface area contributed by atoms with Gasteiger partial charge in [0.25, 0.3) is 0 Å². The summed E-state index contributed by atoms with van der Waals surface area (Å²) in [5.74, 6) is -2.82. The second-order valence-electron chi connectivity index (χ2n) is 6.11. The minimum absolute atomic E-state index is 0.0829. The fourth-order valence-corrected chi connectivity index (χ4v) is 3.58. The molecule has 4 aromatic rings. The predicted molar refractivity (Wildman–Crippen MR) is 141 cm³/mol. The van der Waals surface area contributed by atoms with Gasteiger partial charge in [-0.05, 0) is 72.5 Å². The number of imidazole rings is 1. The summed E-state index contributed by atoms with van der Waals surface area (Å²) in [6.07, 6.45) is 0. The molecule has 0 aliphatic carbocycles. The molecular weight excluding hydrogens is 498 g/mol. The molecule has 0 amide bonds. The van der Waals surface area contributed by atoms with E-state index >= 15 is 0 Å². The average Bonchev–Trinajstić information content (AvgIpc) is 3.38. The van der Waals surface area contributed by atoms with Crippen molar-refractivity contribution in [1.82, 2.24) is 14.7 Å². The van der Waals surface area contributed by atoms with Gasteiger partial charge in [0.2, 0.25) is 10.0 Å². The first-order chi connectivity index (χ1) is 26.6. The Kier molecular flexibility index (Phi) is 3.02. The van der Waals surface area contributed by atoms with Crippen LogP contribution in [-0.2, 0) is 10.0 Å². The molecule has 0 atom stereocenters. The SMILES string of the molecule is [3H]c1c([3H])c(-c2nc(SC([3H])([3H])C([3H])([3H])NS(=O)(=O)c3c([3H])c([3H])c(OC([3H])([3H])[3H])c([3H])c3[3H])n([3H])c2-c2c([3H])c([3H])c(OC([3H])([3H])[3H])c([3H])c2[3H])c([3H])c([3H])c1OC. The summed E-state index contributed by atoms with van der Waals surface area (Å²) in [5, 5.41) is -1.02. The second-order valence-corrected chi connectivity index (χ2v) is 8.51. The van der Waals surface area contributed by atoms with Crippen LogP contribution in [0.25, 0.3) is 22.5 Å². The van der Waals surface area contributed by atoms with E-state index in [1.165, 1.54) is 4.72 Å². The standard InChI is InChI=1S/C26H27N3O5S2/c1-32-20-8-4-18(5-9-20)24-25(19-6-10-21(33-2)11-7-19)29-26(28-24)35-17-16-27-36(30,31)23-14-12-22(34-3)13-15-23/h4-15,27H,16-17H2,1-3H3,(H,28,29)/i1T3,3T3,4T,5T,6T,7T,8T,9T,10T,11T,12T,13T,14T,15T,16T2,17T2/hT. The van der Waals surface area contributed by atoms with Crippen molar-refractivity contribution in [2.45, 2.75) is 10.1 Å². The lowest BCUT2D eigenvalue weighted by molar-refractivity contribution is 0.414. The van der Waals surface area contributed by atoms with Crippen LogP contribution >= 0.6 is 11.8 Å². The lowest BCUT2D eigenvalue weighted by atomic mass is 10.0. The summed E-state index contributed by atoms with van der Waals surface area (Å²) in [4.78, 5) is 2.54. The van der Waals surface area contributed by atoms with Crippen molar-refractivity contribution in [2.75, 3.05) is 33.4 Å². The first-order valence-electron chi connectivity index (χ1n) is 20.7. The molecule has 36 heavy (non-hydrogen) atoms. The van der Waals surface area contributed by atoms with Crippen LogP contribution in [0.3, 0.4) is 0 Å². The van der Waals surface area contributed by atoms with E-state index in [2.05, 4.69) is 14.5 Å². The van der Waals surface area contributed by atoms with Gasteiger partial charge >= 0.3 is 0 Å². The Morgan fingerprint density at radius 3 is 2.08 bits per heavy atom. The highest BCUT2D eigenvalue weighted by Gasteiger charge is 2.16. The fourth-order valence-electron chi connectivity index (χ4n) is 2.39. The third kappa shape index (κ3) is 6.01. The van der Waals surface area contributed by atoms with E-state index in [-0.39, 0.29) is 16.7 Å². The van der Waals surface area contributed by atoms with Gasteiger partial charge in [-0.2, -0.15) is 0 Å². The van der Waals surface area contributed by atoms with Crippen LogP contribution in [0, 0.1) is 0 Å². The molecule has 1 heterocycles. The Labute approximate surface area is 247 Å². The van der Waals surface area contributed by atoms with E-state index in [1.807, 2.05) is 0 Å². The summed E-state index contributed by atoms with van der Waals surface area (Å²) >= 11 is -0.389. The van der Waals surface area contributed by atoms with Gasteiger partial charge in [-0.15, -0.1) is 0 Å². The number of rotatable bonds is 11. The van der Waals surface area contributed by atoms with Crippen LogP contribution in [0.2, 0.25) is 1.41 Å². The quantitative estimate of drug-likeness (QED) is 0.248. The van der Waals surface area contributed by atoms with E-state index in [1.54, 1.807) is 0 Å². The molecule has 8 nitrogen and oxygen atoms in total. The molecule has 0 bridgehead atoms. The van der Waals surface area contributed by atoms with E-state index in [4.69, 9.17) is 36.3 Å². The van der Waals surface area contributed by atoms with Crippen molar-refractivity contribution < 1.29 is 54.2 Å². The third-order valence-electron chi connectivity index (χ3n) is 3.95. The second kappa shape index (κ2) is 11.5. The summed E-state index contributed by atoms with van der Waals surface area (Å²) in [7, 11) is -11.2. The number of nitrogens with one attached hydrogen (secondary N) is 2. The molecule has 4 rings (SSSR count). The van der Waals surface area contributed by atoms with E-state index in [9.17, 15) is 8.42 Å². The number of aromatic nitrogens is 2. The zero-order valence-corrected chi connectivity index (χ0v) is 19.4. The molecule has 0 saturated carbocycles. The molecule has 10 heteroatoms. The zero-order valence-electron chi connectivity index (χ0n) is 40.8. The summed E-state index contributed by atoms with van der Waals surface area (Å²) in [6, 6.07) is -13.4. The van der Waals surface area contributed by atoms with Crippen LogP contribution in [0.4, 0.5) is 0 Å². The molecular formula is C26H27N3O5S2. The summed E-state index contributed by atoms with van der Waals surface area (Å²) in [5.41, 5.74) is -7.12. The molecule has 1 aromatic heterocycles. The fraction of sp³-hybridized carbons (Fsp3) is 0.192. The Balaban J connectivity index is 1.97. The Morgan fingerprint density at radius 2 is 1.50 bits per heavy atom. The number of aromatic amines is 1. The average molecular weight is 572 g/mol. The number of nitrogens with zero attached hydrogens (tertiary/aromatic N) is 1. The summed E-state index contributed by atoms with van der Waals surface area (Å²) in [6.45, 7) is -3.89. The maximum Gasteiger partial charge on any atom is 0.240 e. The van der Waals surface area contributed by atoms with Gasteiger partial charge in [0.15, 0.2) is 6.57 Å². The van der Waals surface area contributed by atoms with Crippen LogP contribution in [-0.4, -0.2) is 51.8 Å². The number of thioether (sulfide) groups is 1. The number of benzene rings is 3. The van der Waals surface area contributed by atoms with Crippen LogP contribution in [0.5, 0.6) is 17.2 Å². The maximum absolute atomic E-state index is 13.5. The lowest BCUT2D eigenvalue weighted by Gasteiger charge is -2.07. The van der Waals surface area contributed by atoms with Crippen molar-refractivity contribution >= 4 is 21.8 Å². The molecule has 2 N–H and O–H groups in total. The molecule has 0 saturated heterocycles. The summed E-state index contributed by atoms with van der Waals surface area (Å²) < 4.78 is 229. The smallest absolute Gasteiger partial charge is 0.240 e. The van der Waals surface area contributed by atoms with Crippen molar-refractivity contribution in [2.24, 2.45) is 0 Å². The molecule has 0 aliphatic heterocycles. The highest BCUT2D eigenvalue weighted by molar-refractivity contribution is 7.99. The highest BCUT2D eigenvalue weighted by atomic mass is 32.2. The molecule has 0 radical (unpaired) electrons. The van der Waals surface area contributed by atoms with Crippen LogP contribution in [0.1, 0.15) is 30.2 Å². The van der Waals surface area contributed by atoms with Crippen LogP contribution < -0.4 is 18.9 Å². The molecule has 0 unspecified atom stereocenters. The van der Waals surface area contributed by atoms with Gasteiger partial charge in [-0.1, -0.05) is 11.8 Å². The molecule has 0 aliphatic rings. The van der Waals surface area contributed by atoms with E-state index < -0.39 is 159 Å². The molecule has 3 aromatic carbocycles. The maximum atomic E-state index is 13.5. The number of sulfonamides is 1.